The molecule has 0 bridgehead atoms. The van der Waals surface area contributed by atoms with Crippen molar-refractivity contribution in [2.45, 2.75) is 19.3 Å². The lowest BCUT2D eigenvalue weighted by Gasteiger charge is -2.23. The van der Waals surface area contributed by atoms with E-state index in [1.54, 1.807) is 0 Å². The molecule has 0 atom stereocenters. The Labute approximate surface area is 272 Å². The Bertz CT molecular complexity index is 2660. The van der Waals surface area contributed by atoms with Gasteiger partial charge >= 0.3 is 0 Å². The van der Waals surface area contributed by atoms with E-state index in [0.29, 0.717) is 0 Å². The summed E-state index contributed by atoms with van der Waals surface area (Å²) in [5.74, 6) is 0. The first-order chi connectivity index (χ1) is 22.6. The lowest BCUT2D eigenvalue weighted by molar-refractivity contribution is 0.660. The summed E-state index contributed by atoms with van der Waals surface area (Å²) in [5, 5.41) is 10.5. The van der Waals surface area contributed by atoms with Crippen molar-refractivity contribution in [1.82, 2.24) is 0 Å². The highest BCUT2D eigenvalue weighted by Crippen LogP contribution is 2.52. The molecule has 0 N–H and O–H groups in total. The predicted molar refractivity (Wildman–Crippen MR) is 200 cm³/mol. The van der Waals surface area contributed by atoms with Crippen LogP contribution in [0.5, 0.6) is 0 Å². The molecule has 1 aliphatic carbocycles. The molecule has 1 heterocycles. The van der Waals surface area contributed by atoms with Crippen molar-refractivity contribution < 1.29 is 0 Å². The molecule has 46 heavy (non-hydrogen) atoms. The number of rotatable bonds is 2. The molecular formula is C45H30S. The highest BCUT2D eigenvalue weighted by molar-refractivity contribution is 7.26. The van der Waals surface area contributed by atoms with Crippen molar-refractivity contribution in [3.63, 3.8) is 0 Å². The van der Waals surface area contributed by atoms with E-state index in [-0.39, 0.29) is 5.41 Å². The minimum Gasteiger partial charge on any atom is -0.135 e. The van der Waals surface area contributed by atoms with Gasteiger partial charge in [-0.2, -0.15) is 0 Å². The first-order valence-corrected chi connectivity index (χ1v) is 16.9. The number of thiophene rings is 1. The van der Waals surface area contributed by atoms with Gasteiger partial charge in [-0.05, 0) is 95.0 Å². The fourth-order valence-electron chi connectivity index (χ4n) is 8.38. The largest absolute Gasteiger partial charge is 0.135 e. The zero-order chi connectivity index (χ0) is 30.6. The van der Waals surface area contributed by atoms with Crippen LogP contribution >= 0.6 is 11.3 Å². The van der Waals surface area contributed by atoms with Gasteiger partial charge in [0.2, 0.25) is 0 Å². The molecule has 9 aromatic rings. The minimum atomic E-state index is -0.0495. The Morgan fingerprint density at radius 3 is 1.65 bits per heavy atom. The first kappa shape index (κ1) is 26.0. The summed E-state index contributed by atoms with van der Waals surface area (Å²) < 4.78 is 2.68. The first-order valence-electron chi connectivity index (χ1n) is 16.1. The Morgan fingerprint density at radius 1 is 0.391 bits per heavy atom. The summed E-state index contributed by atoms with van der Waals surface area (Å²) in [7, 11) is 0. The van der Waals surface area contributed by atoms with Crippen LogP contribution in [0.25, 0.3) is 85.9 Å². The van der Waals surface area contributed by atoms with Gasteiger partial charge in [0.1, 0.15) is 0 Å². The van der Waals surface area contributed by atoms with E-state index in [1.165, 1.54) is 97.0 Å². The van der Waals surface area contributed by atoms with E-state index in [1.807, 2.05) is 11.3 Å². The molecule has 0 saturated carbocycles. The molecule has 0 nitrogen and oxygen atoms in total. The summed E-state index contributed by atoms with van der Waals surface area (Å²) in [5.41, 5.74) is 10.7. The Balaban J connectivity index is 1.31. The fraction of sp³-hybridized carbons (Fsp3) is 0.0667. The van der Waals surface area contributed by atoms with Crippen LogP contribution in [0.2, 0.25) is 0 Å². The van der Waals surface area contributed by atoms with Crippen molar-refractivity contribution in [2.75, 3.05) is 0 Å². The molecule has 0 amide bonds. The maximum Gasteiger partial charge on any atom is 0.0368 e. The Kier molecular flexibility index (Phi) is 5.31. The van der Waals surface area contributed by atoms with Crippen molar-refractivity contribution >= 4 is 63.8 Å². The average Bonchev–Trinajstić information content (AvgIpc) is 3.59. The molecular weight excluding hydrogens is 573 g/mol. The molecule has 0 radical (unpaired) electrons. The highest BCUT2D eigenvalue weighted by atomic mass is 32.1. The van der Waals surface area contributed by atoms with E-state index < -0.39 is 0 Å². The molecule has 0 fully saturated rings. The van der Waals surface area contributed by atoms with Crippen molar-refractivity contribution in [1.29, 1.82) is 0 Å². The van der Waals surface area contributed by atoms with E-state index in [9.17, 15) is 0 Å². The lowest BCUT2D eigenvalue weighted by Crippen LogP contribution is -2.14. The lowest BCUT2D eigenvalue weighted by atomic mass is 9.80. The molecule has 1 aromatic heterocycles. The van der Waals surface area contributed by atoms with Crippen LogP contribution < -0.4 is 0 Å². The summed E-state index contributed by atoms with van der Waals surface area (Å²) in [6.45, 7) is 4.74. The second-order valence-corrected chi connectivity index (χ2v) is 14.3. The Hall–Kier alpha value is -5.24. The topological polar surface area (TPSA) is 0 Å². The average molecular weight is 603 g/mol. The van der Waals surface area contributed by atoms with Crippen LogP contribution in [-0.2, 0) is 5.41 Å². The van der Waals surface area contributed by atoms with E-state index in [2.05, 4.69) is 159 Å². The predicted octanol–water partition coefficient (Wildman–Crippen LogP) is 13.2. The molecule has 1 aliphatic rings. The normalized spacial score (nSPS) is 13.6. The van der Waals surface area contributed by atoms with Gasteiger partial charge in [-0.1, -0.05) is 141 Å². The van der Waals surface area contributed by atoms with Crippen molar-refractivity contribution in [3.05, 3.63) is 157 Å². The van der Waals surface area contributed by atoms with Crippen LogP contribution in [0.3, 0.4) is 0 Å². The molecule has 10 rings (SSSR count). The van der Waals surface area contributed by atoms with Crippen molar-refractivity contribution in [2.24, 2.45) is 0 Å². The smallest absolute Gasteiger partial charge is 0.0368 e. The van der Waals surface area contributed by atoms with Gasteiger partial charge in [0.25, 0.3) is 0 Å². The number of hydrogen-bond acceptors (Lipinski definition) is 1. The van der Waals surface area contributed by atoms with Gasteiger partial charge in [0.15, 0.2) is 0 Å². The summed E-state index contributed by atoms with van der Waals surface area (Å²) >= 11 is 1.90. The second kappa shape index (κ2) is 9.39. The van der Waals surface area contributed by atoms with Gasteiger partial charge in [-0.25, -0.2) is 0 Å². The standard InChI is InChI=1S/C45H30S/c1-45(2)38-21-11-9-14-29(38)30-24-23-27(25-39(30)45)42-32-16-5-7-18-34(32)43(35-19-8-6-17-33(35)42)37-26-41-44(31-15-4-3-13-28(31)37)36-20-10-12-22-40(36)46-41/h3-26H,1-2H3. The third-order valence-electron chi connectivity index (χ3n) is 10.5. The van der Waals surface area contributed by atoms with E-state index in [4.69, 9.17) is 0 Å². The zero-order valence-electron chi connectivity index (χ0n) is 25.8. The Morgan fingerprint density at radius 2 is 0.935 bits per heavy atom. The molecule has 0 saturated heterocycles. The maximum absolute atomic E-state index is 2.47. The van der Waals surface area contributed by atoms with Crippen LogP contribution in [0.15, 0.2) is 146 Å². The third-order valence-corrected chi connectivity index (χ3v) is 11.6. The number of benzene rings is 8. The van der Waals surface area contributed by atoms with Crippen LogP contribution in [0, 0.1) is 0 Å². The molecule has 216 valence electrons. The third kappa shape index (κ3) is 3.44. The van der Waals surface area contributed by atoms with Crippen LogP contribution in [-0.4, -0.2) is 0 Å². The molecule has 0 spiro atoms. The van der Waals surface area contributed by atoms with Gasteiger partial charge in [-0.15, -0.1) is 11.3 Å². The van der Waals surface area contributed by atoms with Crippen LogP contribution in [0.4, 0.5) is 0 Å². The van der Waals surface area contributed by atoms with E-state index >= 15 is 0 Å². The van der Waals surface area contributed by atoms with Gasteiger partial charge < -0.3 is 0 Å². The van der Waals surface area contributed by atoms with Crippen LogP contribution in [0.1, 0.15) is 25.0 Å². The highest BCUT2D eigenvalue weighted by Gasteiger charge is 2.35. The molecule has 8 aromatic carbocycles. The molecule has 0 unspecified atom stereocenters. The van der Waals surface area contributed by atoms with Gasteiger partial charge in [0.05, 0.1) is 0 Å². The summed E-state index contributed by atoms with van der Waals surface area (Å²) in [6.07, 6.45) is 0. The quantitative estimate of drug-likeness (QED) is 0.173. The second-order valence-electron chi connectivity index (χ2n) is 13.2. The molecule has 1 heteroatoms. The number of fused-ring (bicyclic) bond motifs is 10. The number of hydrogen-bond donors (Lipinski definition) is 0. The van der Waals surface area contributed by atoms with E-state index in [0.717, 1.165) is 0 Å². The van der Waals surface area contributed by atoms with Gasteiger partial charge in [-0.3, -0.25) is 0 Å². The monoisotopic (exact) mass is 602 g/mol. The molecule has 0 aliphatic heterocycles. The minimum absolute atomic E-state index is 0.0495. The van der Waals surface area contributed by atoms with Gasteiger partial charge in [0, 0.05) is 25.6 Å². The maximum atomic E-state index is 2.47. The zero-order valence-corrected chi connectivity index (χ0v) is 26.6. The SMILES string of the molecule is CC1(C)c2ccccc2-c2ccc(-c3c4ccccc4c(-c4cc5sc6ccccc6c5c5ccccc45)c4ccccc34)cc21. The summed E-state index contributed by atoms with van der Waals surface area (Å²) in [4.78, 5) is 0. The fourth-order valence-corrected chi connectivity index (χ4v) is 9.55. The van der Waals surface area contributed by atoms with Crippen molar-refractivity contribution in [3.8, 4) is 33.4 Å². The summed E-state index contributed by atoms with van der Waals surface area (Å²) in [6, 6.07) is 54.5.